The van der Waals surface area contributed by atoms with Crippen molar-refractivity contribution in [2.45, 2.75) is 6.92 Å². The van der Waals surface area contributed by atoms with Crippen LogP contribution in [0.5, 0.6) is 0 Å². The summed E-state index contributed by atoms with van der Waals surface area (Å²) in [5.74, 6) is -0.964. The number of carbonyl (C=O) groups excluding carboxylic acids is 1. The molecule has 25 heavy (non-hydrogen) atoms. The molecule has 0 saturated heterocycles. The Kier molecular flexibility index (Phi) is 3.80. The molecule has 3 rings (SSSR count). The molecule has 0 atom stereocenters. The number of aromatic amines is 1. The highest BCUT2D eigenvalue weighted by Gasteiger charge is 2.31. The van der Waals surface area contributed by atoms with Gasteiger partial charge in [0.25, 0.3) is 5.69 Å². The summed E-state index contributed by atoms with van der Waals surface area (Å²) in [6.45, 7) is 1.57. The van der Waals surface area contributed by atoms with Crippen molar-refractivity contribution < 1.29 is 19.4 Å². The van der Waals surface area contributed by atoms with Crippen LogP contribution in [0.2, 0.25) is 0 Å². The molecule has 0 aliphatic carbocycles. The first-order valence-corrected chi connectivity index (χ1v) is 6.82. The third kappa shape index (κ3) is 2.62. The van der Waals surface area contributed by atoms with Crippen LogP contribution in [0.15, 0.2) is 18.6 Å². The third-order valence-electron chi connectivity index (χ3n) is 3.20. The van der Waals surface area contributed by atoms with Gasteiger partial charge in [-0.15, -0.1) is 0 Å². The lowest BCUT2D eigenvalue weighted by molar-refractivity contribution is -0.384. The monoisotopic (exact) mass is 347 g/mol. The maximum Gasteiger partial charge on any atom is 0.366 e. The summed E-state index contributed by atoms with van der Waals surface area (Å²) in [5.41, 5.74) is -1.34. The Morgan fingerprint density at radius 2 is 2.08 bits per heavy atom. The van der Waals surface area contributed by atoms with Gasteiger partial charge in [-0.3, -0.25) is 25.3 Å². The normalized spacial score (nSPS) is 10.8. The Bertz CT molecular complexity index is 1010. The molecule has 3 aromatic heterocycles. The van der Waals surface area contributed by atoms with Crippen LogP contribution >= 0.6 is 0 Å². The molecule has 13 nitrogen and oxygen atoms in total. The largest absolute Gasteiger partial charge is 0.461 e. The van der Waals surface area contributed by atoms with E-state index < -0.39 is 27.2 Å². The topological polar surface area (TPSA) is 171 Å². The van der Waals surface area contributed by atoms with E-state index >= 15 is 0 Å². The zero-order chi connectivity index (χ0) is 18.1. The number of aromatic nitrogens is 5. The molecular formula is C12H9N7O6. The van der Waals surface area contributed by atoms with Crippen molar-refractivity contribution in [3.8, 4) is 11.3 Å². The Morgan fingerprint density at radius 3 is 2.72 bits per heavy atom. The molecule has 0 aromatic carbocycles. The highest BCUT2D eigenvalue weighted by Crippen LogP contribution is 2.29. The van der Waals surface area contributed by atoms with Crippen LogP contribution in [0, 0.1) is 20.2 Å². The van der Waals surface area contributed by atoms with Gasteiger partial charge in [0.15, 0.2) is 0 Å². The van der Waals surface area contributed by atoms with Gasteiger partial charge < -0.3 is 4.74 Å². The standard InChI is InChI=1S/C12H9N7O6/c1-2-25-12(20)9-10(19(23)24)11-13-3-6(5-17(11)16-9)8-7(18(21)22)4-14-15-8/h3-5H,2H2,1H3,(H,14,15). The summed E-state index contributed by atoms with van der Waals surface area (Å²) in [4.78, 5) is 36.6. The number of H-pyrrole nitrogens is 1. The molecule has 0 radical (unpaired) electrons. The number of esters is 1. The van der Waals surface area contributed by atoms with Crippen molar-refractivity contribution in [3.63, 3.8) is 0 Å². The van der Waals surface area contributed by atoms with Gasteiger partial charge in [0.1, 0.15) is 11.9 Å². The van der Waals surface area contributed by atoms with Crippen molar-refractivity contribution in [2.75, 3.05) is 6.61 Å². The molecule has 0 saturated carbocycles. The van der Waals surface area contributed by atoms with E-state index in [1.54, 1.807) is 6.92 Å². The maximum atomic E-state index is 11.9. The minimum Gasteiger partial charge on any atom is -0.461 e. The van der Waals surface area contributed by atoms with Gasteiger partial charge in [-0.2, -0.15) is 10.2 Å². The first kappa shape index (κ1) is 16.0. The number of nitro groups is 2. The number of rotatable bonds is 5. The smallest absolute Gasteiger partial charge is 0.366 e. The Morgan fingerprint density at radius 1 is 1.32 bits per heavy atom. The van der Waals surface area contributed by atoms with Crippen molar-refractivity contribution >= 4 is 23.0 Å². The number of nitrogens with one attached hydrogen (secondary N) is 1. The van der Waals surface area contributed by atoms with Gasteiger partial charge in [-0.1, -0.05) is 0 Å². The van der Waals surface area contributed by atoms with Crippen molar-refractivity contribution in [2.24, 2.45) is 0 Å². The van der Waals surface area contributed by atoms with E-state index in [2.05, 4.69) is 20.3 Å². The number of hydrogen-bond donors (Lipinski definition) is 1. The van der Waals surface area contributed by atoms with E-state index in [4.69, 9.17) is 4.74 Å². The van der Waals surface area contributed by atoms with E-state index in [1.807, 2.05) is 0 Å². The number of nitrogens with zero attached hydrogens (tertiary/aromatic N) is 6. The lowest BCUT2D eigenvalue weighted by Crippen LogP contribution is -2.07. The number of ether oxygens (including phenoxy) is 1. The first-order valence-electron chi connectivity index (χ1n) is 6.82. The molecular weight excluding hydrogens is 338 g/mol. The number of hydrogen-bond acceptors (Lipinski definition) is 9. The van der Waals surface area contributed by atoms with E-state index in [9.17, 15) is 25.0 Å². The highest BCUT2D eigenvalue weighted by molar-refractivity contribution is 5.95. The molecule has 0 amide bonds. The molecule has 0 aliphatic heterocycles. The Labute approximate surface area is 137 Å². The van der Waals surface area contributed by atoms with Crippen LogP contribution in [0.25, 0.3) is 16.9 Å². The second-order valence-electron chi connectivity index (χ2n) is 4.67. The average molecular weight is 347 g/mol. The lowest BCUT2D eigenvalue weighted by atomic mass is 10.2. The fourth-order valence-electron chi connectivity index (χ4n) is 2.19. The molecule has 1 N–H and O–H groups in total. The summed E-state index contributed by atoms with van der Waals surface area (Å²) in [7, 11) is 0. The Hall–Kier alpha value is -3.90. The number of carbonyl (C=O) groups is 1. The van der Waals surface area contributed by atoms with Gasteiger partial charge in [0.05, 0.1) is 16.5 Å². The average Bonchev–Trinajstić information content (AvgIpc) is 3.18. The van der Waals surface area contributed by atoms with Gasteiger partial charge in [0.2, 0.25) is 5.65 Å². The van der Waals surface area contributed by atoms with Crippen molar-refractivity contribution in [1.29, 1.82) is 0 Å². The van der Waals surface area contributed by atoms with E-state index in [1.165, 1.54) is 12.4 Å². The fraction of sp³-hybridized carbons (Fsp3) is 0.167. The predicted molar refractivity (Wildman–Crippen MR) is 79.8 cm³/mol. The van der Waals surface area contributed by atoms with E-state index in [0.717, 1.165) is 10.7 Å². The van der Waals surface area contributed by atoms with Gasteiger partial charge in [-0.05, 0) is 6.92 Å². The second kappa shape index (κ2) is 5.95. The zero-order valence-corrected chi connectivity index (χ0v) is 12.6. The summed E-state index contributed by atoms with van der Waals surface area (Å²) < 4.78 is 5.74. The van der Waals surface area contributed by atoms with Crippen LogP contribution in [0.3, 0.4) is 0 Å². The van der Waals surface area contributed by atoms with Gasteiger partial charge in [0, 0.05) is 18.0 Å². The van der Waals surface area contributed by atoms with Crippen molar-refractivity contribution in [3.05, 3.63) is 44.5 Å². The SMILES string of the molecule is CCOC(=O)c1nn2cc(-c3[nH]ncc3[N+](=O)[O-])cnc2c1[N+](=O)[O-]. The van der Waals surface area contributed by atoms with E-state index in [0.29, 0.717) is 0 Å². The molecule has 3 heterocycles. The molecule has 0 aliphatic rings. The highest BCUT2D eigenvalue weighted by atomic mass is 16.6. The minimum atomic E-state index is -0.964. The number of fused-ring (bicyclic) bond motifs is 1. The van der Waals surface area contributed by atoms with Crippen LogP contribution in [-0.2, 0) is 4.74 Å². The maximum absolute atomic E-state index is 11.9. The second-order valence-corrected chi connectivity index (χ2v) is 4.67. The fourth-order valence-corrected chi connectivity index (χ4v) is 2.19. The lowest BCUT2D eigenvalue weighted by Gasteiger charge is -1.98. The summed E-state index contributed by atoms with van der Waals surface area (Å²) >= 11 is 0. The molecule has 0 spiro atoms. The van der Waals surface area contributed by atoms with Crippen LogP contribution in [0.1, 0.15) is 17.4 Å². The van der Waals surface area contributed by atoms with Gasteiger partial charge in [-0.25, -0.2) is 14.3 Å². The minimum absolute atomic E-state index is 0.0167. The van der Waals surface area contributed by atoms with Crippen LogP contribution in [0.4, 0.5) is 11.4 Å². The molecule has 3 aromatic rings. The molecule has 13 heteroatoms. The molecule has 0 fully saturated rings. The van der Waals surface area contributed by atoms with Crippen LogP contribution < -0.4 is 0 Å². The predicted octanol–water partition coefficient (Wildman–Crippen LogP) is 1.11. The first-order chi connectivity index (χ1) is 11.9. The summed E-state index contributed by atoms with van der Waals surface area (Å²) in [6, 6.07) is 0. The van der Waals surface area contributed by atoms with Crippen molar-refractivity contribution in [1.82, 2.24) is 24.8 Å². The quantitative estimate of drug-likeness (QED) is 0.403. The van der Waals surface area contributed by atoms with Gasteiger partial charge >= 0.3 is 17.3 Å². The molecule has 128 valence electrons. The zero-order valence-electron chi connectivity index (χ0n) is 12.6. The third-order valence-corrected chi connectivity index (χ3v) is 3.20. The van der Waals surface area contributed by atoms with Crippen LogP contribution in [-0.4, -0.2) is 47.2 Å². The molecule has 0 bridgehead atoms. The summed E-state index contributed by atoms with van der Waals surface area (Å²) in [5, 5.41) is 32.1. The van der Waals surface area contributed by atoms with E-state index in [-0.39, 0.29) is 29.2 Å². The molecule has 0 unspecified atom stereocenters. The summed E-state index contributed by atoms with van der Waals surface area (Å²) in [6.07, 6.45) is 3.47. The Balaban J connectivity index is 2.18.